The Morgan fingerprint density at radius 2 is 0.767 bits per heavy atom. The van der Waals surface area contributed by atoms with Crippen LogP contribution in [0.3, 0.4) is 0 Å². The molecule has 0 aliphatic heterocycles. The molecule has 0 amide bonds. The molecule has 0 aliphatic carbocycles. The van der Waals surface area contributed by atoms with Gasteiger partial charge in [-0.1, -0.05) is 133 Å². The van der Waals surface area contributed by atoms with E-state index >= 15 is 0 Å². The second-order valence-corrected chi connectivity index (χ2v) is 11.6. The molecule has 2 heteroatoms. The number of pyridine rings is 1. The van der Waals surface area contributed by atoms with E-state index < -0.39 is 0 Å². The van der Waals surface area contributed by atoms with Crippen molar-refractivity contribution in [3.05, 3.63) is 151 Å². The molecule has 1 nitrogen and oxygen atoms in total. The monoisotopic (exact) mass is 565 g/mol. The fourth-order valence-corrected chi connectivity index (χ4v) is 7.16. The molecule has 0 spiro atoms. The van der Waals surface area contributed by atoms with Gasteiger partial charge in [0.2, 0.25) is 0 Å². The second kappa shape index (κ2) is 9.39. The third-order valence-electron chi connectivity index (χ3n) is 8.87. The van der Waals surface area contributed by atoms with Gasteiger partial charge in [-0.25, -0.2) is 4.98 Å². The minimum atomic E-state index is 0.703. The molecule has 1 aromatic heterocycles. The van der Waals surface area contributed by atoms with Crippen LogP contribution in [0.15, 0.2) is 146 Å². The highest BCUT2D eigenvalue weighted by atomic mass is 35.5. The fraction of sp³-hybridized carbons (Fsp3) is 0. The van der Waals surface area contributed by atoms with E-state index in [0.29, 0.717) is 5.02 Å². The first-order valence-electron chi connectivity index (χ1n) is 14.6. The number of nitrogens with zero attached hydrogens (tertiary/aromatic N) is 1. The van der Waals surface area contributed by atoms with E-state index in [4.69, 9.17) is 16.6 Å². The number of hydrogen-bond donors (Lipinski definition) is 0. The quantitative estimate of drug-likeness (QED) is 0.190. The summed E-state index contributed by atoms with van der Waals surface area (Å²) in [6, 6.07) is 51.9. The lowest BCUT2D eigenvalue weighted by molar-refractivity contribution is 1.42. The zero-order chi connectivity index (χ0) is 28.5. The van der Waals surface area contributed by atoms with Crippen LogP contribution in [-0.2, 0) is 0 Å². The molecule has 9 aromatic rings. The standard InChI is InChI=1S/C41H24ClN/c42-39-24-40(37-22-26-12-2-4-14-28(26)30-16-6-8-18-32(30)37)43-41-34-20-10-9-19-33(34)36(23-38(39)41)35-21-25-11-1-3-13-27(25)29-15-5-7-17-31(29)35/h1-24H. The Morgan fingerprint density at radius 1 is 0.349 bits per heavy atom. The normalized spacial score (nSPS) is 11.8. The third kappa shape index (κ3) is 3.69. The summed E-state index contributed by atoms with van der Waals surface area (Å²) >= 11 is 7.21. The molecule has 43 heavy (non-hydrogen) atoms. The maximum absolute atomic E-state index is 7.21. The topological polar surface area (TPSA) is 12.9 Å². The zero-order valence-corrected chi connectivity index (χ0v) is 23.9. The van der Waals surface area contributed by atoms with Crippen molar-refractivity contribution < 1.29 is 0 Å². The minimum absolute atomic E-state index is 0.703. The highest BCUT2D eigenvalue weighted by Gasteiger charge is 2.18. The van der Waals surface area contributed by atoms with Gasteiger partial charge < -0.3 is 0 Å². The van der Waals surface area contributed by atoms with Gasteiger partial charge in [0.1, 0.15) is 0 Å². The summed E-state index contributed by atoms with van der Waals surface area (Å²) in [7, 11) is 0. The highest BCUT2D eigenvalue weighted by Crippen LogP contribution is 2.43. The number of benzene rings is 8. The van der Waals surface area contributed by atoms with Crippen LogP contribution < -0.4 is 0 Å². The lowest BCUT2D eigenvalue weighted by Crippen LogP contribution is -1.93. The summed E-state index contributed by atoms with van der Waals surface area (Å²) in [6.45, 7) is 0. The minimum Gasteiger partial charge on any atom is -0.247 e. The number of aromatic nitrogens is 1. The fourth-order valence-electron chi connectivity index (χ4n) is 6.92. The first-order valence-corrected chi connectivity index (χ1v) is 15.0. The molecule has 0 saturated carbocycles. The molecule has 0 atom stereocenters. The maximum atomic E-state index is 7.21. The van der Waals surface area contributed by atoms with Crippen LogP contribution in [-0.4, -0.2) is 4.98 Å². The molecule has 9 rings (SSSR count). The van der Waals surface area contributed by atoms with E-state index in [1.54, 1.807) is 0 Å². The van der Waals surface area contributed by atoms with Crippen LogP contribution in [0.4, 0.5) is 0 Å². The molecule has 0 unspecified atom stereocenters. The molecule has 0 fully saturated rings. The maximum Gasteiger partial charge on any atom is 0.0803 e. The second-order valence-electron chi connectivity index (χ2n) is 11.2. The Balaban J connectivity index is 1.37. The van der Waals surface area contributed by atoms with Gasteiger partial charge in [0.25, 0.3) is 0 Å². The molecular formula is C41H24ClN. The van der Waals surface area contributed by atoms with Gasteiger partial charge in [-0.05, 0) is 83.9 Å². The van der Waals surface area contributed by atoms with Crippen molar-refractivity contribution in [2.75, 3.05) is 0 Å². The lowest BCUT2D eigenvalue weighted by Gasteiger charge is -2.16. The first kappa shape index (κ1) is 24.4. The van der Waals surface area contributed by atoms with Gasteiger partial charge in [-0.3, -0.25) is 0 Å². The Kier molecular flexibility index (Phi) is 5.32. The van der Waals surface area contributed by atoms with Gasteiger partial charge in [0.05, 0.1) is 16.2 Å². The molecule has 8 aromatic carbocycles. The van der Waals surface area contributed by atoms with Crippen LogP contribution in [0, 0.1) is 0 Å². The molecule has 0 N–H and O–H groups in total. The Labute approximate surface area is 253 Å². The summed E-state index contributed by atoms with van der Waals surface area (Å²) in [4.78, 5) is 5.35. The van der Waals surface area contributed by atoms with Crippen molar-refractivity contribution >= 4 is 76.4 Å². The van der Waals surface area contributed by atoms with Gasteiger partial charge in [0, 0.05) is 16.3 Å². The van der Waals surface area contributed by atoms with Crippen molar-refractivity contribution in [2.45, 2.75) is 0 Å². The van der Waals surface area contributed by atoms with Crippen molar-refractivity contribution in [1.29, 1.82) is 0 Å². The summed E-state index contributed by atoms with van der Waals surface area (Å²) in [5.41, 5.74) is 5.26. The zero-order valence-electron chi connectivity index (χ0n) is 23.2. The van der Waals surface area contributed by atoms with Gasteiger partial charge in [0.15, 0.2) is 0 Å². The van der Waals surface area contributed by atoms with Crippen LogP contribution in [0.2, 0.25) is 5.02 Å². The van der Waals surface area contributed by atoms with Gasteiger partial charge >= 0.3 is 0 Å². The summed E-state index contributed by atoms with van der Waals surface area (Å²) < 4.78 is 0. The molecule has 200 valence electrons. The largest absolute Gasteiger partial charge is 0.247 e. The van der Waals surface area contributed by atoms with Crippen LogP contribution >= 0.6 is 11.6 Å². The van der Waals surface area contributed by atoms with Crippen molar-refractivity contribution in [3.63, 3.8) is 0 Å². The number of halogens is 1. The summed E-state index contributed by atoms with van der Waals surface area (Å²) in [5.74, 6) is 0. The molecular weight excluding hydrogens is 542 g/mol. The predicted molar refractivity (Wildman–Crippen MR) is 185 cm³/mol. The number of fused-ring (bicyclic) bond motifs is 9. The van der Waals surface area contributed by atoms with E-state index in [2.05, 4.69) is 140 Å². The predicted octanol–water partition coefficient (Wildman–Crippen LogP) is 12.0. The average Bonchev–Trinajstić information content (AvgIpc) is 3.07. The SMILES string of the molecule is Clc1cc(-c2cc3ccccc3c3ccccc23)nc2c1cc(-c1cc3ccccc3c3ccccc13)c1ccccc12. The molecule has 0 bridgehead atoms. The van der Waals surface area contributed by atoms with E-state index in [1.807, 2.05) is 6.07 Å². The van der Waals surface area contributed by atoms with E-state index in [0.717, 1.165) is 33.1 Å². The third-order valence-corrected chi connectivity index (χ3v) is 9.18. The average molecular weight is 566 g/mol. The number of hydrogen-bond acceptors (Lipinski definition) is 1. The first-order chi connectivity index (χ1) is 21.2. The van der Waals surface area contributed by atoms with Crippen LogP contribution in [0.25, 0.3) is 87.1 Å². The van der Waals surface area contributed by atoms with Gasteiger partial charge in [-0.15, -0.1) is 0 Å². The molecule has 1 heterocycles. The lowest BCUT2D eigenvalue weighted by atomic mass is 9.89. The van der Waals surface area contributed by atoms with Gasteiger partial charge in [-0.2, -0.15) is 0 Å². The van der Waals surface area contributed by atoms with Crippen molar-refractivity contribution in [3.8, 4) is 22.4 Å². The Bertz CT molecular complexity index is 2580. The molecule has 0 aliphatic rings. The Morgan fingerprint density at radius 3 is 1.37 bits per heavy atom. The molecule has 0 saturated heterocycles. The van der Waals surface area contributed by atoms with E-state index in [-0.39, 0.29) is 0 Å². The van der Waals surface area contributed by atoms with Crippen LogP contribution in [0.5, 0.6) is 0 Å². The highest BCUT2D eigenvalue weighted by molar-refractivity contribution is 6.37. The Hall–Kier alpha value is -5.24. The van der Waals surface area contributed by atoms with E-state index in [9.17, 15) is 0 Å². The summed E-state index contributed by atoms with van der Waals surface area (Å²) in [5, 5.41) is 13.7. The van der Waals surface area contributed by atoms with Crippen molar-refractivity contribution in [2.24, 2.45) is 0 Å². The van der Waals surface area contributed by atoms with E-state index in [1.165, 1.54) is 54.0 Å². The van der Waals surface area contributed by atoms with Crippen LogP contribution in [0.1, 0.15) is 0 Å². The molecule has 0 radical (unpaired) electrons. The number of rotatable bonds is 2. The van der Waals surface area contributed by atoms with Crippen molar-refractivity contribution in [1.82, 2.24) is 4.98 Å². The smallest absolute Gasteiger partial charge is 0.0803 e. The summed E-state index contributed by atoms with van der Waals surface area (Å²) in [6.07, 6.45) is 0.